The third kappa shape index (κ3) is 2.28. The van der Waals surface area contributed by atoms with Crippen molar-refractivity contribution < 1.29 is 9.53 Å². The van der Waals surface area contributed by atoms with Crippen molar-refractivity contribution in [3.8, 4) is 0 Å². The number of ether oxygens (including phenoxy) is 1. The zero-order chi connectivity index (χ0) is 8.97. The van der Waals surface area contributed by atoms with Gasteiger partial charge in [-0.05, 0) is 0 Å². The molecule has 0 bridgehead atoms. The number of rotatable bonds is 2. The molecule has 0 aromatic carbocycles. The average Bonchev–Trinajstić information content (AvgIpc) is 2.16. The zero-order valence-corrected chi connectivity index (χ0v) is 8.53. The monoisotopic (exact) mass is 209 g/mol. The summed E-state index contributed by atoms with van der Waals surface area (Å²) in [5.74, 6) is 1.66. The summed E-state index contributed by atoms with van der Waals surface area (Å²) in [6.07, 6.45) is 0. The predicted molar refractivity (Wildman–Crippen MR) is 50.6 cm³/mol. The smallest absolute Gasteiger partial charge is 0.323 e. The molecule has 0 saturated carbocycles. The van der Waals surface area contributed by atoms with Gasteiger partial charge in [-0.3, -0.25) is 9.69 Å². The number of carbonyl (C=O) groups is 1. The zero-order valence-electron chi connectivity index (χ0n) is 6.96. The molecule has 0 spiro atoms. The summed E-state index contributed by atoms with van der Waals surface area (Å²) in [7, 11) is 1.41. The summed E-state index contributed by atoms with van der Waals surface area (Å²) >= 11 is 7.45. The van der Waals surface area contributed by atoms with Crippen molar-refractivity contribution in [3.05, 3.63) is 0 Å². The first-order valence-electron chi connectivity index (χ1n) is 3.75. The van der Waals surface area contributed by atoms with E-state index in [1.54, 1.807) is 11.8 Å². The van der Waals surface area contributed by atoms with Gasteiger partial charge in [-0.15, -0.1) is 11.6 Å². The van der Waals surface area contributed by atoms with E-state index in [0.29, 0.717) is 6.00 Å². The van der Waals surface area contributed by atoms with Gasteiger partial charge >= 0.3 is 5.97 Å². The minimum atomic E-state index is -0.178. The predicted octanol–water partition coefficient (Wildman–Crippen LogP) is 0.773. The van der Waals surface area contributed by atoms with Crippen molar-refractivity contribution in [2.45, 2.75) is 6.04 Å². The lowest BCUT2D eigenvalue weighted by atomic mass is 10.3. The first-order valence-corrected chi connectivity index (χ1v) is 5.44. The van der Waals surface area contributed by atoms with Crippen LogP contribution in [0.2, 0.25) is 0 Å². The Kier molecular flexibility index (Phi) is 4.18. The van der Waals surface area contributed by atoms with Crippen molar-refractivity contribution in [1.82, 2.24) is 4.90 Å². The fourth-order valence-corrected chi connectivity index (χ4v) is 2.52. The SMILES string of the molecule is COC(=O)C1CSCCN1CCl. The summed E-state index contributed by atoms with van der Waals surface area (Å²) in [5.41, 5.74) is 0. The number of nitrogens with zero attached hydrogens (tertiary/aromatic N) is 1. The molecule has 5 heteroatoms. The van der Waals surface area contributed by atoms with Crippen LogP contribution in [0.5, 0.6) is 0 Å². The number of esters is 1. The van der Waals surface area contributed by atoms with E-state index in [0.717, 1.165) is 18.1 Å². The van der Waals surface area contributed by atoms with Crippen molar-refractivity contribution in [2.24, 2.45) is 0 Å². The van der Waals surface area contributed by atoms with Crippen LogP contribution in [0.15, 0.2) is 0 Å². The Balaban J connectivity index is 2.52. The molecule has 0 N–H and O–H groups in total. The quantitative estimate of drug-likeness (QED) is 0.382. The first-order chi connectivity index (χ1) is 5.79. The summed E-state index contributed by atoms with van der Waals surface area (Å²) in [5, 5.41) is 0. The highest BCUT2D eigenvalue weighted by molar-refractivity contribution is 7.99. The number of thioether (sulfide) groups is 1. The number of hydrogen-bond acceptors (Lipinski definition) is 4. The van der Waals surface area contributed by atoms with Gasteiger partial charge in [-0.1, -0.05) is 0 Å². The molecule has 1 heterocycles. The number of methoxy groups -OCH3 is 1. The Hall–Kier alpha value is 0.0700. The second kappa shape index (κ2) is 4.94. The molecule has 1 aliphatic heterocycles. The molecule has 1 saturated heterocycles. The lowest BCUT2D eigenvalue weighted by Crippen LogP contribution is -2.47. The normalized spacial score (nSPS) is 25.3. The summed E-state index contributed by atoms with van der Waals surface area (Å²) < 4.78 is 4.67. The molecule has 1 rings (SSSR count). The van der Waals surface area contributed by atoms with Crippen LogP contribution in [0.3, 0.4) is 0 Å². The third-order valence-electron chi connectivity index (χ3n) is 1.87. The molecular formula is C7H12ClNO2S. The molecule has 3 nitrogen and oxygen atoms in total. The standard InChI is InChI=1S/C7H12ClNO2S/c1-11-7(10)6-4-12-3-2-9(6)5-8/h6H,2-5H2,1H3. The summed E-state index contributed by atoms with van der Waals surface area (Å²) in [6, 6.07) is 0.256. The molecule has 70 valence electrons. The van der Waals surface area contributed by atoms with Crippen LogP contribution in [0, 0.1) is 0 Å². The van der Waals surface area contributed by atoms with E-state index in [-0.39, 0.29) is 12.0 Å². The van der Waals surface area contributed by atoms with E-state index in [2.05, 4.69) is 4.74 Å². The summed E-state index contributed by atoms with van der Waals surface area (Å²) in [4.78, 5) is 13.1. The molecule has 0 aromatic heterocycles. The lowest BCUT2D eigenvalue weighted by molar-refractivity contribution is -0.145. The van der Waals surface area contributed by atoms with E-state index in [1.807, 2.05) is 4.90 Å². The second-order valence-corrected chi connectivity index (χ2v) is 3.93. The van der Waals surface area contributed by atoms with Crippen LogP contribution < -0.4 is 0 Å². The Labute approximate surface area is 81.4 Å². The van der Waals surface area contributed by atoms with E-state index < -0.39 is 0 Å². The molecule has 1 unspecified atom stereocenters. The Morgan fingerprint density at radius 3 is 3.17 bits per heavy atom. The second-order valence-electron chi connectivity index (χ2n) is 2.55. The van der Waals surface area contributed by atoms with Crippen LogP contribution in [-0.2, 0) is 9.53 Å². The van der Waals surface area contributed by atoms with Crippen molar-refractivity contribution in [2.75, 3.05) is 31.2 Å². The van der Waals surface area contributed by atoms with E-state index in [1.165, 1.54) is 7.11 Å². The molecule has 0 radical (unpaired) electrons. The fourth-order valence-electron chi connectivity index (χ4n) is 1.13. The maximum absolute atomic E-state index is 11.2. The fraction of sp³-hybridized carbons (Fsp3) is 0.857. The molecule has 0 aromatic rings. The molecule has 12 heavy (non-hydrogen) atoms. The van der Waals surface area contributed by atoms with Gasteiger partial charge in [0.05, 0.1) is 13.1 Å². The van der Waals surface area contributed by atoms with Crippen LogP contribution in [0.4, 0.5) is 0 Å². The minimum Gasteiger partial charge on any atom is -0.468 e. The maximum atomic E-state index is 11.2. The maximum Gasteiger partial charge on any atom is 0.323 e. The Morgan fingerprint density at radius 2 is 2.58 bits per heavy atom. The average molecular weight is 210 g/mol. The van der Waals surface area contributed by atoms with Crippen LogP contribution in [0.1, 0.15) is 0 Å². The van der Waals surface area contributed by atoms with Gasteiger partial charge < -0.3 is 4.74 Å². The van der Waals surface area contributed by atoms with Crippen molar-refractivity contribution in [3.63, 3.8) is 0 Å². The number of halogens is 1. The first kappa shape index (κ1) is 10.2. The van der Waals surface area contributed by atoms with Gasteiger partial charge in [-0.2, -0.15) is 11.8 Å². The van der Waals surface area contributed by atoms with E-state index >= 15 is 0 Å². The molecule has 1 atom stereocenters. The van der Waals surface area contributed by atoms with Crippen LogP contribution in [-0.4, -0.2) is 48.1 Å². The summed E-state index contributed by atoms with van der Waals surface area (Å²) in [6.45, 7) is 0.869. The van der Waals surface area contributed by atoms with Gasteiger partial charge in [0, 0.05) is 18.1 Å². The van der Waals surface area contributed by atoms with Gasteiger partial charge in [0.15, 0.2) is 0 Å². The highest BCUT2D eigenvalue weighted by Crippen LogP contribution is 2.17. The van der Waals surface area contributed by atoms with Gasteiger partial charge in [0.2, 0.25) is 0 Å². The molecule has 1 fully saturated rings. The third-order valence-corrected chi connectivity index (χ3v) is 3.20. The largest absolute Gasteiger partial charge is 0.468 e. The molecule has 0 amide bonds. The van der Waals surface area contributed by atoms with Crippen molar-refractivity contribution >= 4 is 29.3 Å². The molecular weight excluding hydrogens is 198 g/mol. The van der Waals surface area contributed by atoms with Crippen LogP contribution in [0.25, 0.3) is 0 Å². The number of hydrogen-bond donors (Lipinski definition) is 0. The highest BCUT2D eigenvalue weighted by Gasteiger charge is 2.28. The van der Waals surface area contributed by atoms with Crippen LogP contribution >= 0.6 is 23.4 Å². The van der Waals surface area contributed by atoms with Gasteiger partial charge in [-0.25, -0.2) is 0 Å². The van der Waals surface area contributed by atoms with Gasteiger partial charge in [0.1, 0.15) is 6.04 Å². The van der Waals surface area contributed by atoms with Crippen molar-refractivity contribution in [1.29, 1.82) is 0 Å². The topological polar surface area (TPSA) is 29.5 Å². The Bertz CT molecular complexity index is 167. The van der Waals surface area contributed by atoms with E-state index in [9.17, 15) is 4.79 Å². The van der Waals surface area contributed by atoms with E-state index in [4.69, 9.17) is 11.6 Å². The number of carbonyl (C=O) groups excluding carboxylic acids is 1. The Morgan fingerprint density at radius 1 is 1.83 bits per heavy atom. The minimum absolute atomic E-state index is 0.147. The molecule has 1 aliphatic rings. The molecule has 0 aliphatic carbocycles. The number of alkyl halides is 1. The van der Waals surface area contributed by atoms with Gasteiger partial charge in [0.25, 0.3) is 0 Å². The highest BCUT2D eigenvalue weighted by atomic mass is 35.5. The lowest BCUT2D eigenvalue weighted by Gasteiger charge is -2.31.